The number of hydrogen-bond donors (Lipinski definition) is 2. The van der Waals surface area contributed by atoms with Gasteiger partial charge < -0.3 is 11.1 Å². The average molecular weight is 178 g/mol. The summed E-state index contributed by atoms with van der Waals surface area (Å²) in [6, 6.07) is 8.81. The van der Waals surface area contributed by atoms with Crippen LogP contribution in [0.1, 0.15) is 32.4 Å². The third kappa shape index (κ3) is 3.07. The summed E-state index contributed by atoms with van der Waals surface area (Å²) >= 11 is 0. The van der Waals surface area contributed by atoms with Crippen LogP contribution >= 0.6 is 0 Å². The summed E-state index contributed by atoms with van der Waals surface area (Å²) in [6.45, 7) is 6.24. The Morgan fingerprint density at radius 3 is 2.46 bits per heavy atom. The molecule has 2 heteroatoms. The van der Waals surface area contributed by atoms with Gasteiger partial charge in [-0.25, -0.2) is 0 Å². The lowest BCUT2D eigenvalue weighted by Gasteiger charge is -2.12. The number of nitrogens with one attached hydrogen (secondary N) is 1. The van der Waals surface area contributed by atoms with Crippen molar-refractivity contribution in [3.8, 4) is 0 Å². The highest BCUT2D eigenvalue weighted by atomic mass is 14.9. The van der Waals surface area contributed by atoms with Gasteiger partial charge >= 0.3 is 0 Å². The van der Waals surface area contributed by atoms with E-state index in [0.717, 1.165) is 5.69 Å². The number of anilines is 1. The van der Waals surface area contributed by atoms with Gasteiger partial charge in [-0.2, -0.15) is 0 Å². The van der Waals surface area contributed by atoms with Crippen LogP contribution in [0.25, 0.3) is 0 Å². The van der Waals surface area contributed by atoms with E-state index in [9.17, 15) is 0 Å². The zero-order valence-corrected chi connectivity index (χ0v) is 8.54. The molecule has 0 bridgehead atoms. The second-order valence-electron chi connectivity index (χ2n) is 3.71. The first kappa shape index (κ1) is 10.1. The first-order chi connectivity index (χ1) is 6.09. The summed E-state index contributed by atoms with van der Waals surface area (Å²) < 4.78 is 0. The van der Waals surface area contributed by atoms with Gasteiger partial charge in [0.05, 0.1) is 0 Å². The van der Waals surface area contributed by atoms with Crippen LogP contribution in [0.2, 0.25) is 0 Å². The normalized spacial score (nSPS) is 13.0. The molecule has 0 fully saturated rings. The minimum Gasteiger partial charge on any atom is -0.383 e. The smallest absolute Gasteiger partial charge is 0.0345 e. The van der Waals surface area contributed by atoms with Crippen molar-refractivity contribution in [3.63, 3.8) is 0 Å². The average Bonchev–Trinajstić information content (AvgIpc) is 2.03. The predicted octanol–water partition coefficient (Wildman–Crippen LogP) is 2.53. The molecule has 0 aromatic heterocycles. The molecular weight excluding hydrogens is 160 g/mol. The van der Waals surface area contributed by atoms with E-state index in [1.807, 2.05) is 13.0 Å². The van der Waals surface area contributed by atoms with Crippen LogP contribution in [-0.4, -0.2) is 6.04 Å². The van der Waals surface area contributed by atoms with Crippen LogP contribution in [0.4, 0.5) is 5.69 Å². The first-order valence-electron chi connectivity index (χ1n) is 4.71. The second kappa shape index (κ2) is 4.28. The van der Waals surface area contributed by atoms with Crippen molar-refractivity contribution in [2.75, 3.05) is 5.32 Å². The Morgan fingerprint density at radius 1 is 1.23 bits per heavy atom. The molecule has 0 spiro atoms. The Bertz CT molecular complexity index is 267. The summed E-state index contributed by atoms with van der Waals surface area (Å²) in [6.07, 6.45) is 0. The molecule has 0 saturated heterocycles. The topological polar surface area (TPSA) is 38.0 Å². The molecule has 0 aliphatic carbocycles. The lowest BCUT2D eigenvalue weighted by molar-refractivity contribution is 0.816. The Morgan fingerprint density at radius 2 is 1.92 bits per heavy atom. The van der Waals surface area contributed by atoms with Gasteiger partial charge in [-0.1, -0.05) is 12.1 Å². The minimum absolute atomic E-state index is 0.105. The van der Waals surface area contributed by atoms with Crippen molar-refractivity contribution < 1.29 is 0 Å². The second-order valence-corrected chi connectivity index (χ2v) is 3.71. The van der Waals surface area contributed by atoms with E-state index in [0.29, 0.717) is 6.04 Å². The maximum atomic E-state index is 5.79. The lowest BCUT2D eigenvalue weighted by atomic mass is 10.1. The molecule has 0 heterocycles. The van der Waals surface area contributed by atoms with E-state index < -0.39 is 0 Å². The molecule has 1 aromatic carbocycles. The van der Waals surface area contributed by atoms with Gasteiger partial charge in [-0.05, 0) is 38.5 Å². The van der Waals surface area contributed by atoms with Crippen molar-refractivity contribution in [1.29, 1.82) is 0 Å². The van der Waals surface area contributed by atoms with E-state index in [-0.39, 0.29) is 6.04 Å². The van der Waals surface area contributed by atoms with Crippen LogP contribution < -0.4 is 11.1 Å². The highest BCUT2D eigenvalue weighted by molar-refractivity contribution is 5.46. The van der Waals surface area contributed by atoms with Crippen molar-refractivity contribution in [2.24, 2.45) is 5.73 Å². The Kier molecular flexibility index (Phi) is 3.32. The molecule has 1 unspecified atom stereocenters. The molecule has 72 valence electrons. The molecule has 0 aliphatic rings. The van der Waals surface area contributed by atoms with Crippen LogP contribution in [0, 0.1) is 0 Å². The molecule has 0 amide bonds. The van der Waals surface area contributed by atoms with E-state index in [4.69, 9.17) is 5.73 Å². The maximum absolute atomic E-state index is 5.79. The largest absolute Gasteiger partial charge is 0.383 e. The number of rotatable bonds is 3. The standard InChI is InChI=1S/C11H18N2/c1-8(2)13-11-6-4-5-10(7-11)9(3)12/h4-9,13H,12H2,1-3H3. The molecule has 0 saturated carbocycles. The van der Waals surface area contributed by atoms with E-state index in [2.05, 4.69) is 37.4 Å². The third-order valence-corrected chi connectivity index (χ3v) is 1.87. The van der Waals surface area contributed by atoms with Crippen molar-refractivity contribution in [1.82, 2.24) is 0 Å². The van der Waals surface area contributed by atoms with E-state index in [1.165, 1.54) is 5.56 Å². The van der Waals surface area contributed by atoms with Crippen LogP contribution in [0.3, 0.4) is 0 Å². The van der Waals surface area contributed by atoms with Crippen molar-refractivity contribution >= 4 is 5.69 Å². The van der Waals surface area contributed by atoms with Crippen molar-refractivity contribution in [3.05, 3.63) is 29.8 Å². The number of hydrogen-bond acceptors (Lipinski definition) is 2. The van der Waals surface area contributed by atoms with Crippen LogP contribution in [-0.2, 0) is 0 Å². The number of nitrogens with two attached hydrogens (primary N) is 1. The fourth-order valence-electron chi connectivity index (χ4n) is 1.25. The zero-order chi connectivity index (χ0) is 9.84. The van der Waals surface area contributed by atoms with Gasteiger partial charge in [-0.15, -0.1) is 0 Å². The monoisotopic (exact) mass is 178 g/mol. The molecule has 1 atom stereocenters. The van der Waals surface area contributed by atoms with Crippen LogP contribution in [0.15, 0.2) is 24.3 Å². The van der Waals surface area contributed by atoms with Gasteiger partial charge in [0.2, 0.25) is 0 Å². The quantitative estimate of drug-likeness (QED) is 0.746. The van der Waals surface area contributed by atoms with Crippen LogP contribution in [0.5, 0.6) is 0 Å². The fraction of sp³-hybridized carbons (Fsp3) is 0.455. The van der Waals surface area contributed by atoms with Gasteiger partial charge in [0.15, 0.2) is 0 Å². The molecule has 1 aromatic rings. The first-order valence-corrected chi connectivity index (χ1v) is 4.71. The van der Waals surface area contributed by atoms with Gasteiger partial charge in [0.25, 0.3) is 0 Å². The zero-order valence-electron chi connectivity index (χ0n) is 8.54. The molecule has 2 nitrogen and oxygen atoms in total. The van der Waals surface area contributed by atoms with Gasteiger partial charge in [0.1, 0.15) is 0 Å². The summed E-state index contributed by atoms with van der Waals surface area (Å²) in [5.74, 6) is 0. The minimum atomic E-state index is 0.105. The lowest BCUT2D eigenvalue weighted by Crippen LogP contribution is -2.11. The SMILES string of the molecule is CC(C)Nc1cccc(C(C)N)c1. The highest BCUT2D eigenvalue weighted by Crippen LogP contribution is 2.15. The van der Waals surface area contributed by atoms with E-state index >= 15 is 0 Å². The predicted molar refractivity (Wildman–Crippen MR) is 57.8 cm³/mol. The Labute approximate surface area is 80.1 Å². The molecule has 3 N–H and O–H groups in total. The highest BCUT2D eigenvalue weighted by Gasteiger charge is 2.00. The summed E-state index contributed by atoms with van der Waals surface area (Å²) in [4.78, 5) is 0. The molecule has 13 heavy (non-hydrogen) atoms. The maximum Gasteiger partial charge on any atom is 0.0345 e. The molecular formula is C11H18N2. The Balaban J connectivity index is 2.79. The summed E-state index contributed by atoms with van der Waals surface area (Å²) in [7, 11) is 0. The van der Waals surface area contributed by atoms with Crippen molar-refractivity contribution in [2.45, 2.75) is 32.9 Å². The van der Waals surface area contributed by atoms with Gasteiger partial charge in [0, 0.05) is 17.8 Å². The fourth-order valence-corrected chi connectivity index (χ4v) is 1.25. The molecule has 1 rings (SSSR count). The number of benzene rings is 1. The molecule has 0 radical (unpaired) electrons. The van der Waals surface area contributed by atoms with Gasteiger partial charge in [-0.3, -0.25) is 0 Å². The summed E-state index contributed by atoms with van der Waals surface area (Å²) in [5, 5.41) is 3.34. The third-order valence-electron chi connectivity index (χ3n) is 1.87. The summed E-state index contributed by atoms with van der Waals surface area (Å²) in [5.41, 5.74) is 8.10. The Hall–Kier alpha value is -1.02. The van der Waals surface area contributed by atoms with E-state index in [1.54, 1.807) is 0 Å². The molecule has 0 aliphatic heterocycles.